The Bertz CT molecular complexity index is 1570. The molecule has 5 rings (SSSR count). The molecular formula is C33H39N7O4. The normalized spacial score (nSPS) is 18.8. The van der Waals surface area contributed by atoms with Crippen molar-refractivity contribution in [2.75, 3.05) is 18.9 Å². The predicted octanol–water partition coefficient (Wildman–Crippen LogP) is 4.39. The van der Waals surface area contributed by atoms with Crippen LogP contribution in [0.2, 0.25) is 0 Å². The SMILES string of the molecule is CN1C(c2ccc(C(=O)Nc3cc(-c4ccccc4)ccn3)cc2)=C(C(N)=O)N(N)C1[C@@H]1CCCCN1C(=O)OC(C)(C)C. The highest BCUT2D eigenvalue weighted by Gasteiger charge is 2.46. The Hall–Kier alpha value is -4.90. The highest BCUT2D eigenvalue weighted by molar-refractivity contribution is 6.04. The number of benzene rings is 2. The Morgan fingerprint density at radius 1 is 0.955 bits per heavy atom. The molecule has 44 heavy (non-hydrogen) atoms. The molecule has 1 unspecified atom stereocenters. The summed E-state index contributed by atoms with van der Waals surface area (Å²) >= 11 is 0. The molecule has 2 aromatic carbocycles. The van der Waals surface area contributed by atoms with E-state index < -0.39 is 23.8 Å². The third-order valence-electron chi connectivity index (χ3n) is 7.80. The lowest BCUT2D eigenvalue weighted by molar-refractivity contribution is -0.116. The topological polar surface area (TPSA) is 147 Å². The van der Waals surface area contributed by atoms with Crippen LogP contribution in [0.25, 0.3) is 16.8 Å². The Balaban J connectivity index is 1.37. The Kier molecular flexibility index (Phi) is 8.59. The van der Waals surface area contributed by atoms with Gasteiger partial charge in [-0.25, -0.2) is 15.6 Å². The van der Waals surface area contributed by atoms with Crippen molar-refractivity contribution in [1.82, 2.24) is 19.8 Å². The number of amides is 3. The second-order valence-corrected chi connectivity index (χ2v) is 12.1. The van der Waals surface area contributed by atoms with Crippen LogP contribution in [0.5, 0.6) is 0 Å². The third kappa shape index (κ3) is 6.37. The number of primary amides is 1. The standard InChI is InChI=1S/C33H39N7O4/c1-33(2,3)44-32(43)39-19-9-8-12-25(39)31-38(4)27(28(29(34)41)40(31)35)22-13-15-23(16-14-22)30(42)37-26-20-24(17-18-36-26)21-10-6-5-7-11-21/h5-7,10-11,13-18,20,25,31H,8-9,12,19,35H2,1-4H3,(H2,34,41)(H,36,37,42)/t25-,31?/m0/s1. The molecule has 1 aromatic heterocycles. The van der Waals surface area contributed by atoms with E-state index in [2.05, 4.69) is 10.3 Å². The molecule has 0 radical (unpaired) electrons. The van der Waals surface area contributed by atoms with Gasteiger partial charge in [0.05, 0.1) is 11.7 Å². The van der Waals surface area contributed by atoms with E-state index in [4.69, 9.17) is 16.3 Å². The number of pyridine rings is 1. The van der Waals surface area contributed by atoms with E-state index in [-0.39, 0.29) is 17.6 Å². The zero-order valence-corrected chi connectivity index (χ0v) is 25.5. The molecule has 230 valence electrons. The minimum absolute atomic E-state index is 0.131. The number of hydrogen-bond donors (Lipinski definition) is 3. The van der Waals surface area contributed by atoms with Crippen molar-refractivity contribution in [2.24, 2.45) is 11.6 Å². The van der Waals surface area contributed by atoms with Gasteiger partial charge in [0, 0.05) is 30.9 Å². The van der Waals surface area contributed by atoms with E-state index in [0.717, 1.165) is 24.0 Å². The van der Waals surface area contributed by atoms with Crippen LogP contribution < -0.4 is 16.9 Å². The van der Waals surface area contributed by atoms with Crippen molar-refractivity contribution < 1.29 is 19.1 Å². The van der Waals surface area contributed by atoms with Crippen molar-refractivity contribution in [3.8, 4) is 11.1 Å². The summed E-state index contributed by atoms with van der Waals surface area (Å²) in [6.07, 6.45) is 3.11. The summed E-state index contributed by atoms with van der Waals surface area (Å²) in [7, 11) is 1.82. The fraction of sp³-hybridized carbons (Fsp3) is 0.333. The average Bonchev–Trinajstić information content (AvgIpc) is 3.26. The summed E-state index contributed by atoms with van der Waals surface area (Å²) in [4.78, 5) is 46.9. The number of rotatable bonds is 6. The molecule has 1 saturated heterocycles. The molecule has 0 bridgehead atoms. The first kappa shape index (κ1) is 30.6. The van der Waals surface area contributed by atoms with Crippen molar-refractivity contribution in [3.05, 3.63) is 89.8 Å². The van der Waals surface area contributed by atoms with Gasteiger partial charge < -0.3 is 25.6 Å². The molecule has 2 aliphatic heterocycles. The quantitative estimate of drug-likeness (QED) is 0.355. The first-order valence-electron chi connectivity index (χ1n) is 14.7. The van der Waals surface area contributed by atoms with Crippen LogP contribution in [0, 0.1) is 0 Å². The molecule has 5 N–H and O–H groups in total. The molecule has 3 amide bonds. The number of nitrogens with zero attached hydrogens (tertiary/aromatic N) is 4. The van der Waals surface area contributed by atoms with Crippen LogP contribution in [0.4, 0.5) is 10.6 Å². The maximum Gasteiger partial charge on any atom is 0.410 e. The van der Waals surface area contributed by atoms with Crippen LogP contribution in [0.3, 0.4) is 0 Å². The molecule has 1 fully saturated rings. The Morgan fingerprint density at radius 2 is 1.66 bits per heavy atom. The highest BCUT2D eigenvalue weighted by Crippen LogP contribution is 2.38. The lowest BCUT2D eigenvalue weighted by atomic mass is 9.99. The van der Waals surface area contributed by atoms with Gasteiger partial charge in [-0.2, -0.15) is 0 Å². The first-order valence-corrected chi connectivity index (χ1v) is 14.7. The van der Waals surface area contributed by atoms with Gasteiger partial charge in [-0.1, -0.05) is 42.5 Å². The number of hydrazine groups is 1. The van der Waals surface area contributed by atoms with E-state index in [0.29, 0.717) is 35.6 Å². The maximum atomic E-state index is 13.2. The van der Waals surface area contributed by atoms with Crippen LogP contribution in [-0.4, -0.2) is 69.1 Å². The van der Waals surface area contributed by atoms with Crippen molar-refractivity contribution >= 4 is 29.4 Å². The van der Waals surface area contributed by atoms with Crippen LogP contribution >= 0.6 is 0 Å². The van der Waals surface area contributed by atoms with Crippen molar-refractivity contribution in [2.45, 2.75) is 57.8 Å². The van der Waals surface area contributed by atoms with E-state index in [1.165, 1.54) is 5.01 Å². The molecule has 3 aromatic rings. The van der Waals surface area contributed by atoms with Crippen molar-refractivity contribution in [3.63, 3.8) is 0 Å². The monoisotopic (exact) mass is 597 g/mol. The van der Waals surface area contributed by atoms with Crippen LogP contribution in [-0.2, 0) is 9.53 Å². The van der Waals surface area contributed by atoms with E-state index in [9.17, 15) is 14.4 Å². The molecular weight excluding hydrogens is 558 g/mol. The largest absolute Gasteiger partial charge is 0.444 e. The zero-order valence-electron chi connectivity index (χ0n) is 25.5. The lowest BCUT2D eigenvalue weighted by Gasteiger charge is -2.44. The number of carbonyl (C=O) groups excluding carboxylic acids is 3. The van der Waals surface area contributed by atoms with Crippen LogP contribution in [0.15, 0.2) is 78.6 Å². The smallest absolute Gasteiger partial charge is 0.410 e. The van der Waals surface area contributed by atoms with E-state index in [1.807, 2.05) is 75.2 Å². The molecule has 11 heteroatoms. The summed E-state index contributed by atoms with van der Waals surface area (Å²) < 4.78 is 5.69. The summed E-state index contributed by atoms with van der Waals surface area (Å²) in [6, 6.07) is 20.0. The first-order chi connectivity index (χ1) is 20.9. The number of hydrogen-bond acceptors (Lipinski definition) is 8. The molecule has 0 spiro atoms. The second kappa shape index (κ2) is 12.4. The van der Waals surface area contributed by atoms with Gasteiger partial charge in [-0.15, -0.1) is 0 Å². The summed E-state index contributed by atoms with van der Waals surface area (Å²) in [5.41, 5.74) is 8.85. The third-order valence-corrected chi connectivity index (χ3v) is 7.80. The number of likely N-dealkylation sites (N-methyl/N-ethyl adjacent to an activating group) is 1. The van der Waals surface area contributed by atoms with Gasteiger partial charge in [0.2, 0.25) is 0 Å². The zero-order chi connectivity index (χ0) is 31.6. The number of carbonyl (C=O) groups is 3. The number of aromatic nitrogens is 1. The van der Waals surface area contributed by atoms with Crippen LogP contribution in [0.1, 0.15) is 56.0 Å². The van der Waals surface area contributed by atoms with Gasteiger partial charge >= 0.3 is 6.09 Å². The number of piperidine rings is 1. The highest BCUT2D eigenvalue weighted by atomic mass is 16.6. The molecule has 11 nitrogen and oxygen atoms in total. The fourth-order valence-corrected chi connectivity index (χ4v) is 5.86. The molecule has 0 saturated carbocycles. The van der Waals surface area contributed by atoms with Gasteiger partial charge in [-0.05, 0) is 75.4 Å². The minimum Gasteiger partial charge on any atom is -0.444 e. The Labute approximate surface area is 257 Å². The summed E-state index contributed by atoms with van der Waals surface area (Å²) in [5, 5.41) is 4.22. The fourth-order valence-electron chi connectivity index (χ4n) is 5.86. The number of nitrogens with two attached hydrogens (primary N) is 2. The lowest BCUT2D eigenvalue weighted by Crippen LogP contribution is -2.60. The number of anilines is 1. The number of likely N-dealkylation sites (tertiary alicyclic amines) is 1. The van der Waals surface area contributed by atoms with Gasteiger partial charge in [0.25, 0.3) is 11.8 Å². The number of ether oxygens (including phenoxy) is 1. The van der Waals surface area contributed by atoms with Gasteiger partial charge in [0.1, 0.15) is 23.3 Å². The van der Waals surface area contributed by atoms with Gasteiger partial charge in [-0.3, -0.25) is 14.6 Å². The predicted molar refractivity (Wildman–Crippen MR) is 168 cm³/mol. The molecule has 2 aliphatic rings. The second-order valence-electron chi connectivity index (χ2n) is 12.1. The maximum absolute atomic E-state index is 13.2. The molecule has 3 heterocycles. The Morgan fingerprint density at radius 3 is 2.32 bits per heavy atom. The van der Waals surface area contributed by atoms with Crippen molar-refractivity contribution in [1.29, 1.82) is 0 Å². The molecule has 0 aliphatic carbocycles. The van der Waals surface area contributed by atoms with E-state index >= 15 is 0 Å². The summed E-state index contributed by atoms with van der Waals surface area (Å²) in [6.45, 7) is 6.00. The molecule has 2 atom stereocenters. The van der Waals surface area contributed by atoms with Gasteiger partial charge in [0.15, 0.2) is 0 Å². The average molecular weight is 598 g/mol. The number of nitrogens with one attached hydrogen (secondary N) is 1. The summed E-state index contributed by atoms with van der Waals surface area (Å²) in [5.74, 6) is 5.97. The minimum atomic E-state index is -0.692. The van der Waals surface area contributed by atoms with E-state index in [1.54, 1.807) is 35.4 Å².